The maximum Gasteiger partial charge on any atom is 0.126 e. The van der Waals surface area contributed by atoms with Gasteiger partial charge in [0.15, 0.2) is 0 Å². The van der Waals surface area contributed by atoms with E-state index in [-0.39, 0.29) is 5.82 Å². The van der Waals surface area contributed by atoms with Gasteiger partial charge in [0.25, 0.3) is 0 Å². The molecule has 0 radical (unpaired) electrons. The fourth-order valence-electron chi connectivity index (χ4n) is 1.03. The van der Waals surface area contributed by atoms with Gasteiger partial charge in [-0.3, -0.25) is 0 Å². The molecule has 0 saturated heterocycles. The molecule has 1 aromatic rings. The third-order valence-electron chi connectivity index (χ3n) is 1.76. The minimum Gasteiger partial charge on any atom is -0.384 e. The number of hydrogen-bond donors (Lipinski definition) is 1. The van der Waals surface area contributed by atoms with Crippen LogP contribution < -0.4 is 5.32 Å². The first-order valence-electron chi connectivity index (χ1n) is 4.17. The van der Waals surface area contributed by atoms with Crippen LogP contribution in [0.1, 0.15) is 12.0 Å². The van der Waals surface area contributed by atoms with E-state index in [0.29, 0.717) is 12.0 Å². The summed E-state index contributed by atoms with van der Waals surface area (Å²) in [6, 6.07) is 4.93. The number of nitrogens with one attached hydrogen (secondary N) is 1. The van der Waals surface area contributed by atoms with Gasteiger partial charge in [0.1, 0.15) is 5.82 Å². The molecule has 1 aromatic carbocycles. The topological polar surface area (TPSA) is 12.0 Å². The van der Waals surface area contributed by atoms with Gasteiger partial charge in [-0.15, -0.1) is 12.3 Å². The summed E-state index contributed by atoms with van der Waals surface area (Å²) in [4.78, 5) is 0. The molecule has 0 aliphatic carbocycles. The van der Waals surface area contributed by atoms with Crippen LogP contribution in [0, 0.1) is 25.1 Å². The van der Waals surface area contributed by atoms with Crippen LogP contribution in [0.15, 0.2) is 18.2 Å². The highest BCUT2D eigenvalue weighted by molar-refractivity contribution is 5.45. The second-order valence-electron chi connectivity index (χ2n) is 2.84. The van der Waals surface area contributed by atoms with Gasteiger partial charge in [-0.1, -0.05) is 0 Å². The first kappa shape index (κ1) is 9.60. The van der Waals surface area contributed by atoms with Crippen molar-refractivity contribution in [2.45, 2.75) is 13.3 Å². The smallest absolute Gasteiger partial charge is 0.126 e. The van der Waals surface area contributed by atoms with E-state index in [4.69, 9.17) is 6.42 Å². The lowest BCUT2D eigenvalue weighted by molar-refractivity contribution is 0.618. The summed E-state index contributed by atoms with van der Waals surface area (Å²) in [5, 5.41) is 3.10. The molecule has 0 aliphatic heterocycles. The molecule has 0 atom stereocenters. The predicted octanol–water partition coefficient (Wildman–Crippen LogP) is 2.57. The average molecular weight is 177 g/mol. The van der Waals surface area contributed by atoms with Crippen LogP contribution in [0.5, 0.6) is 0 Å². The maximum absolute atomic E-state index is 12.8. The van der Waals surface area contributed by atoms with Crippen LogP contribution in [0.4, 0.5) is 10.1 Å². The summed E-state index contributed by atoms with van der Waals surface area (Å²) < 4.78 is 12.8. The van der Waals surface area contributed by atoms with Crippen molar-refractivity contribution in [2.24, 2.45) is 0 Å². The molecule has 1 rings (SSSR count). The molecule has 0 bridgehead atoms. The number of halogens is 1. The lowest BCUT2D eigenvalue weighted by Gasteiger charge is -2.05. The summed E-state index contributed by atoms with van der Waals surface area (Å²) in [6.45, 7) is 2.46. The molecule has 0 spiro atoms. The Morgan fingerprint density at radius 3 is 2.92 bits per heavy atom. The predicted molar refractivity (Wildman–Crippen MR) is 53.1 cm³/mol. The summed E-state index contributed by atoms with van der Waals surface area (Å²) in [6.07, 6.45) is 5.77. The first-order valence-corrected chi connectivity index (χ1v) is 4.17. The van der Waals surface area contributed by atoms with E-state index < -0.39 is 0 Å². The van der Waals surface area contributed by atoms with Crippen molar-refractivity contribution in [3.05, 3.63) is 29.6 Å². The van der Waals surface area contributed by atoms with Gasteiger partial charge >= 0.3 is 0 Å². The van der Waals surface area contributed by atoms with E-state index in [1.54, 1.807) is 19.1 Å². The molecule has 0 unspecified atom stereocenters. The lowest BCUT2D eigenvalue weighted by atomic mass is 10.2. The molecule has 2 heteroatoms. The molecule has 13 heavy (non-hydrogen) atoms. The zero-order valence-corrected chi connectivity index (χ0v) is 7.60. The summed E-state index contributed by atoms with van der Waals surface area (Å²) in [7, 11) is 0. The number of benzene rings is 1. The summed E-state index contributed by atoms with van der Waals surface area (Å²) in [5.41, 5.74) is 1.56. The van der Waals surface area contributed by atoms with E-state index in [2.05, 4.69) is 11.2 Å². The van der Waals surface area contributed by atoms with Crippen LogP contribution in [-0.2, 0) is 0 Å². The fourth-order valence-corrected chi connectivity index (χ4v) is 1.03. The number of anilines is 1. The highest BCUT2D eigenvalue weighted by Gasteiger charge is 1.97. The van der Waals surface area contributed by atoms with Gasteiger partial charge in [0.2, 0.25) is 0 Å². The Morgan fingerprint density at radius 2 is 2.31 bits per heavy atom. The molecule has 1 N–H and O–H groups in total. The second kappa shape index (κ2) is 4.51. The average Bonchev–Trinajstić information content (AvgIpc) is 2.12. The van der Waals surface area contributed by atoms with Gasteiger partial charge in [0.05, 0.1) is 0 Å². The van der Waals surface area contributed by atoms with E-state index >= 15 is 0 Å². The number of rotatable bonds is 3. The standard InChI is InChI=1S/C11H12FN/c1-3-4-7-13-10-5-6-11(12)9(2)8-10/h1,5-6,8,13H,4,7H2,2H3. The summed E-state index contributed by atoms with van der Waals surface area (Å²) >= 11 is 0. The Kier molecular flexibility index (Phi) is 3.33. The van der Waals surface area contributed by atoms with E-state index in [1.807, 2.05) is 0 Å². The monoisotopic (exact) mass is 177 g/mol. The SMILES string of the molecule is C#CCCNc1ccc(F)c(C)c1. The van der Waals surface area contributed by atoms with Crippen LogP contribution in [0.3, 0.4) is 0 Å². The Bertz CT molecular complexity index is 325. The normalized spacial score (nSPS) is 9.31. The molecule has 0 aliphatic rings. The molecule has 1 nitrogen and oxygen atoms in total. The van der Waals surface area contributed by atoms with Crippen molar-refractivity contribution in [3.8, 4) is 12.3 Å². The Morgan fingerprint density at radius 1 is 1.54 bits per heavy atom. The highest BCUT2D eigenvalue weighted by atomic mass is 19.1. The zero-order valence-electron chi connectivity index (χ0n) is 7.60. The van der Waals surface area contributed by atoms with Crippen LogP contribution in [-0.4, -0.2) is 6.54 Å². The van der Waals surface area contributed by atoms with Crippen molar-refractivity contribution in [1.29, 1.82) is 0 Å². The Labute approximate surface area is 78.0 Å². The maximum atomic E-state index is 12.8. The van der Waals surface area contributed by atoms with Crippen molar-refractivity contribution in [1.82, 2.24) is 0 Å². The van der Waals surface area contributed by atoms with Crippen molar-refractivity contribution in [3.63, 3.8) is 0 Å². The van der Waals surface area contributed by atoms with Gasteiger partial charge in [0, 0.05) is 18.7 Å². The first-order chi connectivity index (χ1) is 6.24. The molecule has 68 valence electrons. The molecular formula is C11H12FN. The van der Waals surface area contributed by atoms with Gasteiger partial charge in [-0.2, -0.15) is 0 Å². The minimum atomic E-state index is -0.178. The molecule has 0 amide bonds. The number of terminal acetylenes is 1. The van der Waals surface area contributed by atoms with E-state index in [1.165, 1.54) is 6.07 Å². The molecular weight excluding hydrogens is 165 g/mol. The van der Waals surface area contributed by atoms with Crippen LogP contribution >= 0.6 is 0 Å². The van der Waals surface area contributed by atoms with Gasteiger partial charge < -0.3 is 5.32 Å². The minimum absolute atomic E-state index is 0.178. The van der Waals surface area contributed by atoms with Crippen molar-refractivity contribution in [2.75, 3.05) is 11.9 Å². The Hall–Kier alpha value is -1.49. The number of hydrogen-bond acceptors (Lipinski definition) is 1. The molecule has 0 aromatic heterocycles. The van der Waals surface area contributed by atoms with Crippen molar-refractivity contribution < 1.29 is 4.39 Å². The lowest BCUT2D eigenvalue weighted by Crippen LogP contribution is -2.00. The van der Waals surface area contributed by atoms with Gasteiger partial charge in [-0.25, -0.2) is 4.39 Å². The largest absolute Gasteiger partial charge is 0.384 e. The quantitative estimate of drug-likeness (QED) is 0.552. The fraction of sp³-hybridized carbons (Fsp3) is 0.273. The van der Waals surface area contributed by atoms with Gasteiger partial charge in [-0.05, 0) is 30.7 Å². The zero-order chi connectivity index (χ0) is 9.68. The van der Waals surface area contributed by atoms with Crippen LogP contribution in [0.2, 0.25) is 0 Å². The third-order valence-corrected chi connectivity index (χ3v) is 1.76. The van der Waals surface area contributed by atoms with Crippen molar-refractivity contribution >= 4 is 5.69 Å². The van der Waals surface area contributed by atoms with E-state index in [9.17, 15) is 4.39 Å². The second-order valence-corrected chi connectivity index (χ2v) is 2.84. The van der Waals surface area contributed by atoms with Crippen LogP contribution in [0.25, 0.3) is 0 Å². The highest BCUT2D eigenvalue weighted by Crippen LogP contribution is 2.13. The Balaban J connectivity index is 2.59. The summed E-state index contributed by atoms with van der Waals surface area (Å²) in [5.74, 6) is 2.35. The third kappa shape index (κ3) is 2.79. The van der Waals surface area contributed by atoms with E-state index in [0.717, 1.165) is 12.2 Å². The number of aryl methyl sites for hydroxylation is 1. The molecule has 0 saturated carbocycles. The molecule has 0 fully saturated rings. The molecule has 0 heterocycles.